The summed E-state index contributed by atoms with van der Waals surface area (Å²) in [6.07, 6.45) is 1.95. The molecule has 4 heteroatoms. The Bertz CT molecular complexity index is 341. The van der Waals surface area contributed by atoms with Crippen molar-refractivity contribution in [1.82, 2.24) is 0 Å². The van der Waals surface area contributed by atoms with Gasteiger partial charge in [-0.2, -0.15) is 0 Å². The van der Waals surface area contributed by atoms with Crippen LogP contribution < -0.4 is 15.2 Å². The van der Waals surface area contributed by atoms with Gasteiger partial charge < -0.3 is 15.2 Å². The van der Waals surface area contributed by atoms with E-state index >= 15 is 0 Å². The van der Waals surface area contributed by atoms with Crippen LogP contribution in [-0.2, 0) is 6.42 Å². The molecule has 1 aromatic rings. The van der Waals surface area contributed by atoms with E-state index in [1.165, 1.54) is 5.56 Å². The molecule has 0 amide bonds. The Kier molecular flexibility index (Phi) is 2.93. The van der Waals surface area contributed by atoms with Crippen LogP contribution in [0.3, 0.4) is 0 Å². The van der Waals surface area contributed by atoms with Crippen LogP contribution in [0.1, 0.15) is 12.0 Å². The molecule has 0 saturated heterocycles. The third-order valence-corrected chi connectivity index (χ3v) is 3.08. The molecule has 0 aliphatic carbocycles. The minimum absolute atomic E-state index is 0.314. The highest BCUT2D eigenvalue weighted by Crippen LogP contribution is 2.41. The summed E-state index contributed by atoms with van der Waals surface area (Å²) in [6, 6.07) is 3.99. The summed E-state index contributed by atoms with van der Waals surface area (Å²) >= 11 is 3.52. The summed E-state index contributed by atoms with van der Waals surface area (Å²) in [5.41, 5.74) is 6.69. The number of nitrogens with two attached hydrogens (primary N) is 1. The van der Waals surface area contributed by atoms with Crippen molar-refractivity contribution in [2.45, 2.75) is 12.8 Å². The molecule has 0 aromatic heterocycles. The van der Waals surface area contributed by atoms with Gasteiger partial charge in [0.1, 0.15) is 0 Å². The predicted octanol–water partition coefficient (Wildman–Crippen LogP) is 2.07. The summed E-state index contributed by atoms with van der Waals surface area (Å²) < 4.78 is 11.6. The second-order valence-corrected chi connectivity index (χ2v) is 3.96. The molecule has 14 heavy (non-hydrogen) atoms. The van der Waals surface area contributed by atoms with Gasteiger partial charge in [-0.25, -0.2) is 0 Å². The van der Waals surface area contributed by atoms with Gasteiger partial charge >= 0.3 is 0 Å². The Labute approximate surface area is 91.3 Å². The number of aryl methyl sites for hydroxylation is 1. The summed E-state index contributed by atoms with van der Waals surface area (Å²) in [7, 11) is 0. The van der Waals surface area contributed by atoms with Crippen LogP contribution in [0.15, 0.2) is 16.6 Å². The number of rotatable bonds is 3. The molecule has 0 bridgehead atoms. The van der Waals surface area contributed by atoms with Crippen molar-refractivity contribution in [2.24, 2.45) is 5.73 Å². The average Bonchev–Trinajstić information content (AvgIpc) is 2.66. The zero-order valence-corrected chi connectivity index (χ0v) is 9.34. The van der Waals surface area contributed by atoms with Gasteiger partial charge in [0, 0.05) is 0 Å². The lowest BCUT2D eigenvalue weighted by Crippen LogP contribution is -2.00. The molecule has 1 aliphatic heterocycles. The molecule has 0 saturated carbocycles. The van der Waals surface area contributed by atoms with E-state index in [9.17, 15) is 0 Å². The second kappa shape index (κ2) is 4.19. The average molecular weight is 258 g/mol. The molecule has 76 valence electrons. The van der Waals surface area contributed by atoms with Crippen molar-refractivity contribution < 1.29 is 9.47 Å². The number of ether oxygens (including phenoxy) is 2. The summed E-state index contributed by atoms with van der Waals surface area (Å²) in [5.74, 6) is 1.63. The van der Waals surface area contributed by atoms with E-state index in [0.717, 1.165) is 28.8 Å². The van der Waals surface area contributed by atoms with Crippen LogP contribution in [0.2, 0.25) is 0 Å². The Morgan fingerprint density at radius 3 is 3.00 bits per heavy atom. The third-order valence-electron chi connectivity index (χ3n) is 2.21. The van der Waals surface area contributed by atoms with Gasteiger partial charge in [-0.05, 0) is 46.9 Å². The Morgan fingerprint density at radius 1 is 1.36 bits per heavy atom. The van der Waals surface area contributed by atoms with Crippen molar-refractivity contribution in [1.29, 1.82) is 0 Å². The Hall–Kier alpha value is -0.740. The first-order valence-corrected chi connectivity index (χ1v) is 5.39. The van der Waals surface area contributed by atoms with Gasteiger partial charge in [0.2, 0.25) is 6.79 Å². The molecule has 1 aromatic carbocycles. The fourth-order valence-corrected chi connectivity index (χ4v) is 2.11. The van der Waals surface area contributed by atoms with Crippen LogP contribution >= 0.6 is 15.9 Å². The highest BCUT2D eigenvalue weighted by molar-refractivity contribution is 9.10. The Balaban J connectivity index is 2.26. The molecule has 1 heterocycles. The summed E-state index contributed by atoms with van der Waals surface area (Å²) in [4.78, 5) is 0. The molecule has 0 unspecified atom stereocenters. The van der Waals surface area contributed by atoms with Crippen LogP contribution in [0.25, 0.3) is 0 Å². The first kappa shape index (κ1) is 9.80. The summed E-state index contributed by atoms with van der Waals surface area (Å²) in [6.45, 7) is 1.02. The molecule has 0 radical (unpaired) electrons. The van der Waals surface area contributed by atoms with E-state index in [-0.39, 0.29) is 0 Å². The van der Waals surface area contributed by atoms with E-state index in [0.29, 0.717) is 13.3 Å². The zero-order valence-electron chi connectivity index (χ0n) is 7.75. The lowest BCUT2D eigenvalue weighted by atomic mass is 10.1. The zero-order chi connectivity index (χ0) is 9.97. The van der Waals surface area contributed by atoms with E-state index in [2.05, 4.69) is 15.9 Å². The molecular weight excluding hydrogens is 246 g/mol. The number of fused-ring (bicyclic) bond motifs is 1. The predicted molar refractivity (Wildman–Crippen MR) is 57.6 cm³/mol. The lowest BCUT2D eigenvalue weighted by molar-refractivity contribution is 0.173. The van der Waals surface area contributed by atoms with Crippen LogP contribution in [0.4, 0.5) is 0 Å². The van der Waals surface area contributed by atoms with E-state index in [1.807, 2.05) is 12.1 Å². The van der Waals surface area contributed by atoms with Gasteiger partial charge in [0.25, 0.3) is 0 Å². The molecule has 0 atom stereocenters. The minimum atomic E-state index is 0.314. The smallest absolute Gasteiger partial charge is 0.231 e. The van der Waals surface area contributed by atoms with E-state index in [4.69, 9.17) is 15.2 Å². The standard InChI is InChI=1S/C10H12BrNO2/c11-9-7(2-1-5-12)3-4-8-10(9)14-6-13-8/h3-4H,1-2,5-6,12H2. The van der Waals surface area contributed by atoms with Crippen molar-refractivity contribution in [3.63, 3.8) is 0 Å². The van der Waals surface area contributed by atoms with Crippen LogP contribution in [0, 0.1) is 0 Å². The van der Waals surface area contributed by atoms with Crippen molar-refractivity contribution in [2.75, 3.05) is 13.3 Å². The van der Waals surface area contributed by atoms with Crippen molar-refractivity contribution >= 4 is 15.9 Å². The highest BCUT2D eigenvalue weighted by Gasteiger charge is 2.18. The highest BCUT2D eigenvalue weighted by atomic mass is 79.9. The van der Waals surface area contributed by atoms with Crippen molar-refractivity contribution in [3.8, 4) is 11.5 Å². The number of benzene rings is 1. The number of halogens is 1. The number of hydrogen-bond donors (Lipinski definition) is 1. The van der Waals surface area contributed by atoms with Gasteiger partial charge in [-0.3, -0.25) is 0 Å². The normalized spacial score (nSPS) is 13.3. The maximum atomic E-state index is 5.47. The fraction of sp³-hybridized carbons (Fsp3) is 0.400. The van der Waals surface area contributed by atoms with Gasteiger partial charge in [0.15, 0.2) is 11.5 Å². The molecular formula is C10H12BrNO2. The molecule has 3 nitrogen and oxygen atoms in total. The second-order valence-electron chi connectivity index (χ2n) is 3.16. The SMILES string of the molecule is NCCCc1ccc2c(c1Br)OCO2. The molecule has 0 fully saturated rings. The third kappa shape index (κ3) is 1.72. The van der Waals surface area contributed by atoms with E-state index in [1.54, 1.807) is 0 Å². The maximum Gasteiger partial charge on any atom is 0.231 e. The monoisotopic (exact) mass is 257 g/mol. The van der Waals surface area contributed by atoms with Gasteiger partial charge in [0.05, 0.1) is 4.47 Å². The van der Waals surface area contributed by atoms with Gasteiger partial charge in [-0.15, -0.1) is 0 Å². The molecule has 0 spiro atoms. The molecule has 1 aliphatic rings. The number of hydrogen-bond acceptors (Lipinski definition) is 3. The molecule has 2 rings (SSSR count). The first-order chi connectivity index (χ1) is 6.83. The quantitative estimate of drug-likeness (QED) is 0.902. The topological polar surface area (TPSA) is 44.5 Å². The summed E-state index contributed by atoms with van der Waals surface area (Å²) in [5, 5.41) is 0. The van der Waals surface area contributed by atoms with Gasteiger partial charge in [-0.1, -0.05) is 6.07 Å². The molecule has 2 N–H and O–H groups in total. The van der Waals surface area contributed by atoms with Crippen LogP contribution in [-0.4, -0.2) is 13.3 Å². The fourth-order valence-electron chi connectivity index (χ4n) is 1.46. The Morgan fingerprint density at radius 2 is 2.21 bits per heavy atom. The largest absolute Gasteiger partial charge is 0.454 e. The van der Waals surface area contributed by atoms with Crippen molar-refractivity contribution in [3.05, 3.63) is 22.2 Å². The first-order valence-electron chi connectivity index (χ1n) is 4.60. The lowest BCUT2D eigenvalue weighted by Gasteiger charge is -2.06. The van der Waals surface area contributed by atoms with E-state index < -0.39 is 0 Å². The maximum absolute atomic E-state index is 5.47. The van der Waals surface area contributed by atoms with Crippen LogP contribution in [0.5, 0.6) is 11.5 Å². The minimum Gasteiger partial charge on any atom is -0.454 e.